The molecule has 0 amide bonds. The van der Waals surface area contributed by atoms with E-state index in [1.165, 1.54) is 32.6 Å². The molecule has 0 bridgehead atoms. The van der Waals surface area contributed by atoms with Gasteiger partial charge in [-0.25, -0.2) is 0 Å². The third-order valence-corrected chi connectivity index (χ3v) is 4.75. The summed E-state index contributed by atoms with van der Waals surface area (Å²) in [5.74, 6) is 0. The Hall–Kier alpha value is -0.160. The highest BCUT2D eigenvalue weighted by molar-refractivity contribution is 4.91. The molecule has 2 fully saturated rings. The minimum Gasteiger partial charge on any atom is -0.381 e. The maximum Gasteiger partial charge on any atom is 0.0547 e. The summed E-state index contributed by atoms with van der Waals surface area (Å²) >= 11 is 0. The lowest BCUT2D eigenvalue weighted by Gasteiger charge is -2.32. The number of nitrogens with two attached hydrogens (primary N) is 1. The van der Waals surface area contributed by atoms with Crippen LogP contribution in [0.1, 0.15) is 26.7 Å². The highest BCUT2D eigenvalue weighted by atomic mass is 16.5. The van der Waals surface area contributed by atoms with E-state index in [9.17, 15) is 0 Å². The zero-order valence-electron chi connectivity index (χ0n) is 12.0. The van der Waals surface area contributed by atoms with Crippen molar-refractivity contribution in [3.63, 3.8) is 0 Å². The summed E-state index contributed by atoms with van der Waals surface area (Å²) in [6.45, 7) is 12.9. The van der Waals surface area contributed by atoms with E-state index < -0.39 is 0 Å². The van der Waals surface area contributed by atoms with Crippen LogP contribution in [0.5, 0.6) is 0 Å². The first-order valence-electron chi connectivity index (χ1n) is 7.47. The van der Waals surface area contributed by atoms with Crippen LogP contribution in [0.3, 0.4) is 0 Å². The van der Waals surface area contributed by atoms with E-state index in [0.29, 0.717) is 0 Å². The number of hydrogen-bond donors (Lipinski definition) is 1. The van der Waals surface area contributed by atoms with Gasteiger partial charge < -0.3 is 15.4 Å². The summed E-state index contributed by atoms with van der Waals surface area (Å²) in [6.07, 6.45) is 2.44. The molecule has 2 saturated heterocycles. The molecular weight excluding hydrogens is 226 g/mol. The van der Waals surface area contributed by atoms with Crippen LogP contribution in [0, 0.1) is 5.41 Å². The molecule has 0 spiro atoms. The van der Waals surface area contributed by atoms with Crippen molar-refractivity contribution in [1.29, 1.82) is 0 Å². The van der Waals surface area contributed by atoms with Gasteiger partial charge in [0.2, 0.25) is 0 Å². The summed E-state index contributed by atoms with van der Waals surface area (Å²) in [7, 11) is 0. The molecule has 2 N–H and O–H groups in total. The van der Waals surface area contributed by atoms with Crippen molar-refractivity contribution in [3.8, 4) is 0 Å². The van der Waals surface area contributed by atoms with Gasteiger partial charge in [0.1, 0.15) is 0 Å². The molecule has 2 rings (SSSR count). The zero-order valence-corrected chi connectivity index (χ0v) is 12.0. The Bertz CT molecular complexity index is 249. The van der Waals surface area contributed by atoms with Crippen molar-refractivity contribution < 1.29 is 4.74 Å². The smallest absolute Gasteiger partial charge is 0.0547 e. The molecule has 18 heavy (non-hydrogen) atoms. The van der Waals surface area contributed by atoms with Crippen LogP contribution in [0.4, 0.5) is 0 Å². The molecule has 0 aromatic rings. The first kappa shape index (κ1) is 14.3. The third kappa shape index (κ3) is 3.05. The van der Waals surface area contributed by atoms with Crippen LogP contribution >= 0.6 is 0 Å². The Morgan fingerprint density at radius 3 is 2.72 bits per heavy atom. The molecule has 4 nitrogen and oxygen atoms in total. The van der Waals surface area contributed by atoms with E-state index in [2.05, 4.69) is 23.6 Å². The number of nitrogens with zero attached hydrogens (tertiary/aromatic N) is 2. The minimum atomic E-state index is 0.234. The lowest BCUT2D eigenvalue weighted by Crippen LogP contribution is -2.44. The van der Waals surface area contributed by atoms with Gasteiger partial charge in [0, 0.05) is 37.7 Å². The Morgan fingerprint density at radius 2 is 2.17 bits per heavy atom. The van der Waals surface area contributed by atoms with E-state index >= 15 is 0 Å². The summed E-state index contributed by atoms with van der Waals surface area (Å²) < 4.78 is 5.56. The lowest BCUT2D eigenvalue weighted by molar-refractivity contribution is 0.119. The van der Waals surface area contributed by atoms with Gasteiger partial charge in [-0.2, -0.15) is 0 Å². The van der Waals surface area contributed by atoms with E-state index in [4.69, 9.17) is 10.5 Å². The minimum absolute atomic E-state index is 0.234. The Labute approximate surface area is 111 Å². The third-order valence-electron chi connectivity index (χ3n) is 4.75. The molecule has 2 aliphatic heterocycles. The molecule has 0 aromatic heterocycles. The van der Waals surface area contributed by atoms with Crippen molar-refractivity contribution >= 4 is 0 Å². The van der Waals surface area contributed by atoms with Crippen LogP contribution < -0.4 is 5.73 Å². The summed E-state index contributed by atoms with van der Waals surface area (Å²) in [4.78, 5) is 5.19. The van der Waals surface area contributed by atoms with Crippen molar-refractivity contribution in [3.05, 3.63) is 0 Å². The van der Waals surface area contributed by atoms with Crippen molar-refractivity contribution in [1.82, 2.24) is 9.80 Å². The largest absolute Gasteiger partial charge is 0.381 e. The Kier molecular flexibility index (Phi) is 5.01. The molecule has 2 atom stereocenters. The first-order valence-corrected chi connectivity index (χ1v) is 7.47. The van der Waals surface area contributed by atoms with Gasteiger partial charge in [-0.05, 0) is 32.5 Å². The van der Waals surface area contributed by atoms with E-state index in [0.717, 1.165) is 38.8 Å². The van der Waals surface area contributed by atoms with Gasteiger partial charge in [-0.15, -0.1) is 0 Å². The molecule has 2 aliphatic rings. The van der Waals surface area contributed by atoms with E-state index in [-0.39, 0.29) is 5.41 Å². The topological polar surface area (TPSA) is 41.7 Å². The Balaban J connectivity index is 1.85. The second-order valence-corrected chi connectivity index (χ2v) is 5.91. The fourth-order valence-electron chi connectivity index (χ4n) is 3.47. The van der Waals surface area contributed by atoms with Gasteiger partial charge in [-0.3, -0.25) is 4.90 Å². The molecule has 0 aliphatic carbocycles. The van der Waals surface area contributed by atoms with Gasteiger partial charge in [0.05, 0.1) is 6.61 Å². The van der Waals surface area contributed by atoms with Gasteiger partial charge in [0.25, 0.3) is 0 Å². The molecule has 0 aromatic carbocycles. The fraction of sp³-hybridized carbons (Fsp3) is 1.00. The maximum absolute atomic E-state index is 5.98. The number of ether oxygens (including phenoxy) is 1. The van der Waals surface area contributed by atoms with Crippen molar-refractivity contribution in [2.45, 2.75) is 32.7 Å². The van der Waals surface area contributed by atoms with Gasteiger partial charge >= 0.3 is 0 Å². The molecule has 2 unspecified atom stereocenters. The summed E-state index contributed by atoms with van der Waals surface area (Å²) in [6, 6.07) is 0.747. The average molecular weight is 255 g/mol. The van der Waals surface area contributed by atoms with Crippen molar-refractivity contribution in [2.24, 2.45) is 11.1 Å². The molecule has 0 radical (unpaired) electrons. The standard InChI is InChI=1S/C14H29N3O/c1-3-17(4-2)13-5-7-16(9-13)11-14(10-15)6-8-18-12-14/h13H,3-12,15H2,1-2H3. The SMILES string of the molecule is CCN(CC)C1CCN(CC2(CN)CCOC2)C1. The molecule has 2 heterocycles. The van der Waals surface area contributed by atoms with Gasteiger partial charge in [-0.1, -0.05) is 13.8 Å². The van der Waals surface area contributed by atoms with Crippen molar-refractivity contribution in [2.75, 3.05) is 52.5 Å². The van der Waals surface area contributed by atoms with Gasteiger partial charge in [0.15, 0.2) is 0 Å². The highest BCUT2D eigenvalue weighted by Crippen LogP contribution is 2.30. The maximum atomic E-state index is 5.98. The second-order valence-electron chi connectivity index (χ2n) is 5.91. The number of rotatable bonds is 6. The Morgan fingerprint density at radius 1 is 1.39 bits per heavy atom. The first-order chi connectivity index (χ1) is 8.73. The predicted molar refractivity (Wildman–Crippen MR) is 74.7 cm³/mol. The van der Waals surface area contributed by atoms with Crippen LogP contribution in [-0.2, 0) is 4.74 Å². The van der Waals surface area contributed by atoms with Crippen LogP contribution in [0.15, 0.2) is 0 Å². The number of likely N-dealkylation sites (tertiary alicyclic amines) is 1. The quantitative estimate of drug-likeness (QED) is 0.761. The lowest BCUT2D eigenvalue weighted by atomic mass is 9.87. The predicted octanol–water partition coefficient (Wildman–Crippen LogP) is 0.768. The highest BCUT2D eigenvalue weighted by Gasteiger charge is 2.37. The van der Waals surface area contributed by atoms with E-state index in [1.807, 2.05) is 0 Å². The average Bonchev–Trinajstić information content (AvgIpc) is 3.02. The normalized spacial score (nSPS) is 33.7. The van der Waals surface area contributed by atoms with Crippen LogP contribution in [0.25, 0.3) is 0 Å². The second kappa shape index (κ2) is 6.33. The number of hydrogen-bond acceptors (Lipinski definition) is 4. The summed E-state index contributed by atoms with van der Waals surface area (Å²) in [5, 5.41) is 0. The monoisotopic (exact) mass is 255 g/mol. The van der Waals surface area contributed by atoms with Crippen LogP contribution in [-0.4, -0.2) is 68.3 Å². The molecule has 0 saturated carbocycles. The summed E-state index contributed by atoms with van der Waals surface area (Å²) in [5.41, 5.74) is 6.21. The zero-order chi connectivity index (χ0) is 13.0. The fourth-order valence-corrected chi connectivity index (χ4v) is 3.47. The molecule has 106 valence electrons. The molecule has 4 heteroatoms. The number of likely N-dealkylation sites (N-methyl/N-ethyl adjacent to an activating group) is 1. The van der Waals surface area contributed by atoms with E-state index in [1.54, 1.807) is 0 Å². The van der Waals surface area contributed by atoms with Crippen LogP contribution in [0.2, 0.25) is 0 Å². The molecular formula is C14H29N3O.